The molecule has 0 aliphatic heterocycles. The van der Waals surface area contributed by atoms with Gasteiger partial charge in [-0.25, -0.2) is 0 Å². The highest BCUT2D eigenvalue weighted by molar-refractivity contribution is 5.91. The van der Waals surface area contributed by atoms with Gasteiger partial charge < -0.3 is 4.74 Å². The molecular weight excluding hydrogens is 224 g/mol. The van der Waals surface area contributed by atoms with E-state index in [0.29, 0.717) is 18.1 Å². The fraction of sp³-hybridized carbons (Fsp3) is 0.562. The quantitative estimate of drug-likeness (QED) is 0.809. The molecule has 98 valence electrons. The van der Waals surface area contributed by atoms with Crippen molar-refractivity contribution in [2.75, 3.05) is 0 Å². The second kappa shape index (κ2) is 4.42. The predicted octanol–water partition coefficient (Wildman–Crippen LogP) is 3.86. The monoisotopic (exact) mass is 246 g/mol. The molecule has 0 heterocycles. The van der Waals surface area contributed by atoms with Crippen LogP contribution < -0.4 is 4.74 Å². The molecule has 2 heteroatoms. The number of rotatable bonds is 3. The van der Waals surface area contributed by atoms with E-state index in [1.165, 1.54) is 11.1 Å². The van der Waals surface area contributed by atoms with E-state index in [1.54, 1.807) is 0 Å². The first kappa shape index (κ1) is 13.1. The normalized spacial score (nSPS) is 21.9. The highest BCUT2D eigenvalue weighted by atomic mass is 16.5. The van der Waals surface area contributed by atoms with Gasteiger partial charge in [-0.2, -0.15) is 0 Å². The van der Waals surface area contributed by atoms with Crippen LogP contribution in [0.1, 0.15) is 51.2 Å². The second-order valence-corrected chi connectivity index (χ2v) is 6.15. The first-order valence-corrected chi connectivity index (χ1v) is 6.63. The summed E-state index contributed by atoms with van der Waals surface area (Å²) in [5, 5.41) is 0. The molecule has 1 aromatic rings. The Morgan fingerprint density at radius 1 is 1.33 bits per heavy atom. The standard InChI is InChI=1S/C16H22O2/c1-10(2)12-7-6-11(3)8-13(12)18-15-9-14(17)16(15,4)5/h6-8,10,15H,9H2,1-5H3. The number of hydrogen-bond acceptors (Lipinski definition) is 2. The van der Waals surface area contributed by atoms with Gasteiger partial charge in [0.05, 0.1) is 5.41 Å². The van der Waals surface area contributed by atoms with Crippen LogP contribution in [0.3, 0.4) is 0 Å². The summed E-state index contributed by atoms with van der Waals surface area (Å²) < 4.78 is 6.09. The summed E-state index contributed by atoms with van der Waals surface area (Å²) in [5.74, 6) is 1.67. The van der Waals surface area contributed by atoms with E-state index >= 15 is 0 Å². The minimum atomic E-state index is -0.335. The lowest BCUT2D eigenvalue weighted by atomic mass is 9.68. The van der Waals surface area contributed by atoms with Crippen molar-refractivity contribution in [1.29, 1.82) is 0 Å². The van der Waals surface area contributed by atoms with Gasteiger partial charge in [-0.1, -0.05) is 26.0 Å². The first-order valence-electron chi connectivity index (χ1n) is 6.63. The number of carbonyl (C=O) groups is 1. The van der Waals surface area contributed by atoms with Gasteiger partial charge in [0.2, 0.25) is 0 Å². The molecule has 1 saturated carbocycles. The van der Waals surface area contributed by atoms with Crippen molar-refractivity contribution in [2.45, 2.75) is 53.1 Å². The maximum atomic E-state index is 11.6. The Balaban J connectivity index is 2.24. The van der Waals surface area contributed by atoms with Crippen molar-refractivity contribution in [2.24, 2.45) is 5.41 Å². The van der Waals surface area contributed by atoms with Crippen LogP contribution in [0.4, 0.5) is 0 Å². The number of ketones is 1. The van der Waals surface area contributed by atoms with Crippen LogP contribution in [0.15, 0.2) is 18.2 Å². The summed E-state index contributed by atoms with van der Waals surface area (Å²) in [6, 6.07) is 6.32. The van der Waals surface area contributed by atoms with Gasteiger partial charge in [-0.3, -0.25) is 4.79 Å². The molecule has 0 amide bonds. The maximum absolute atomic E-state index is 11.6. The maximum Gasteiger partial charge on any atom is 0.145 e. The van der Waals surface area contributed by atoms with Gasteiger partial charge in [-0.15, -0.1) is 0 Å². The molecule has 0 bridgehead atoms. The molecule has 1 aliphatic carbocycles. The lowest BCUT2D eigenvalue weighted by Crippen LogP contribution is -2.53. The Morgan fingerprint density at radius 2 is 2.00 bits per heavy atom. The number of hydrogen-bond donors (Lipinski definition) is 0. The summed E-state index contributed by atoms with van der Waals surface area (Å²) >= 11 is 0. The summed E-state index contributed by atoms with van der Waals surface area (Å²) in [7, 11) is 0. The molecule has 2 rings (SSSR count). The van der Waals surface area contributed by atoms with Gasteiger partial charge >= 0.3 is 0 Å². The van der Waals surface area contributed by atoms with Gasteiger partial charge in [0.15, 0.2) is 0 Å². The van der Waals surface area contributed by atoms with Crippen molar-refractivity contribution in [3.8, 4) is 5.75 Å². The molecule has 2 nitrogen and oxygen atoms in total. The largest absolute Gasteiger partial charge is 0.489 e. The van der Waals surface area contributed by atoms with Crippen LogP contribution in [-0.2, 0) is 4.79 Å². The van der Waals surface area contributed by atoms with Crippen LogP contribution in [0.25, 0.3) is 0 Å². The average Bonchev–Trinajstić information content (AvgIpc) is 2.28. The Bertz CT molecular complexity index is 472. The summed E-state index contributed by atoms with van der Waals surface area (Å²) in [6.07, 6.45) is 0.558. The fourth-order valence-electron chi connectivity index (χ4n) is 2.30. The SMILES string of the molecule is Cc1ccc(C(C)C)c(OC2CC(=O)C2(C)C)c1. The number of ether oxygens (including phenoxy) is 1. The molecule has 1 aliphatic rings. The highest BCUT2D eigenvalue weighted by Crippen LogP contribution is 2.41. The van der Waals surface area contributed by atoms with Gasteiger partial charge in [0, 0.05) is 6.42 Å². The Labute approximate surface area is 109 Å². The van der Waals surface area contributed by atoms with Crippen molar-refractivity contribution in [1.82, 2.24) is 0 Å². The van der Waals surface area contributed by atoms with Gasteiger partial charge in [0.25, 0.3) is 0 Å². The van der Waals surface area contributed by atoms with Crippen molar-refractivity contribution < 1.29 is 9.53 Å². The molecule has 0 radical (unpaired) electrons. The van der Waals surface area contributed by atoms with Gasteiger partial charge in [0.1, 0.15) is 17.6 Å². The smallest absolute Gasteiger partial charge is 0.145 e. The summed E-state index contributed by atoms with van der Waals surface area (Å²) in [6.45, 7) is 10.3. The van der Waals surface area contributed by atoms with E-state index < -0.39 is 0 Å². The number of Topliss-reactive ketones (excluding diaryl/α,β-unsaturated/α-hetero) is 1. The minimum Gasteiger partial charge on any atom is -0.489 e. The highest BCUT2D eigenvalue weighted by Gasteiger charge is 2.49. The average molecular weight is 246 g/mol. The molecule has 18 heavy (non-hydrogen) atoms. The van der Waals surface area contributed by atoms with Crippen LogP contribution in [0.5, 0.6) is 5.75 Å². The van der Waals surface area contributed by atoms with Crippen LogP contribution in [-0.4, -0.2) is 11.9 Å². The third-order valence-electron chi connectivity index (χ3n) is 3.95. The molecule has 0 N–H and O–H groups in total. The van der Waals surface area contributed by atoms with E-state index in [4.69, 9.17) is 4.74 Å². The Morgan fingerprint density at radius 3 is 2.50 bits per heavy atom. The first-order chi connectivity index (χ1) is 8.32. The molecular formula is C16H22O2. The third kappa shape index (κ3) is 2.16. The van der Waals surface area contributed by atoms with Crippen molar-refractivity contribution in [3.63, 3.8) is 0 Å². The van der Waals surface area contributed by atoms with E-state index in [-0.39, 0.29) is 11.5 Å². The number of benzene rings is 1. The zero-order chi connectivity index (χ0) is 13.5. The van der Waals surface area contributed by atoms with E-state index in [0.717, 1.165) is 5.75 Å². The van der Waals surface area contributed by atoms with E-state index in [1.807, 2.05) is 13.8 Å². The Hall–Kier alpha value is -1.31. The summed E-state index contributed by atoms with van der Waals surface area (Å²) in [5.41, 5.74) is 2.08. The second-order valence-electron chi connectivity index (χ2n) is 6.15. The number of carbonyl (C=O) groups excluding carboxylic acids is 1. The summed E-state index contributed by atoms with van der Waals surface area (Å²) in [4.78, 5) is 11.6. The lowest BCUT2D eigenvalue weighted by Gasteiger charge is -2.42. The zero-order valence-electron chi connectivity index (χ0n) is 11.9. The van der Waals surface area contributed by atoms with E-state index in [9.17, 15) is 4.79 Å². The van der Waals surface area contributed by atoms with E-state index in [2.05, 4.69) is 39.0 Å². The molecule has 0 saturated heterocycles. The topological polar surface area (TPSA) is 26.3 Å². The molecule has 1 unspecified atom stereocenters. The molecule has 0 aromatic heterocycles. The minimum absolute atomic E-state index is 0.0179. The van der Waals surface area contributed by atoms with Crippen LogP contribution >= 0.6 is 0 Å². The number of aryl methyl sites for hydroxylation is 1. The Kier molecular flexibility index (Phi) is 3.22. The zero-order valence-corrected chi connectivity index (χ0v) is 11.9. The van der Waals surface area contributed by atoms with Crippen molar-refractivity contribution in [3.05, 3.63) is 29.3 Å². The predicted molar refractivity (Wildman–Crippen MR) is 73.1 cm³/mol. The third-order valence-corrected chi connectivity index (χ3v) is 3.95. The van der Waals surface area contributed by atoms with Crippen LogP contribution in [0, 0.1) is 12.3 Å². The molecule has 1 fully saturated rings. The van der Waals surface area contributed by atoms with Gasteiger partial charge in [-0.05, 0) is 43.9 Å². The molecule has 1 aromatic carbocycles. The molecule has 0 spiro atoms. The van der Waals surface area contributed by atoms with Crippen molar-refractivity contribution >= 4 is 5.78 Å². The van der Waals surface area contributed by atoms with Crippen LogP contribution in [0.2, 0.25) is 0 Å². The molecule has 1 atom stereocenters. The lowest BCUT2D eigenvalue weighted by molar-refractivity contribution is -0.148. The fourth-order valence-corrected chi connectivity index (χ4v) is 2.30.